The van der Waals surface area contributed by atoms with Gasteiger partial charge in [-0.05, 0) is 61.7 Å². The van der Waals surface area contributed by atoms with Gasteiger partial charge in [-0.25, -0.2) is 0 Å². The van der Waals surface area contributed by atoms with Gasteiger partial charge in [-0.15, -0.1) is 0 Å². The quantitative estimate of drug-likeness (QED) is 0.715. The van der Waals surface area contributed by atoms with Gasteiger partial charge < -0.3 is 5.73 Å². The second kappa shape index (κ2) is 2.98. The summed E-state index contributed by atoms with van der Waals surface area (Å²) < 4.78 is 0. The number of hydrogen-bond donors (Lipinski definition) is 1. The molecule has 3 saturated carbocycles. The SMILES string of the molecule is NC(=O)CC1CC2CC3CC(C2)C1C3. The average molecular weight is 193 g/mol. The van der Waals surface area contributed by atoms with Crippen molar-refractivity contribution in [2.45, 2.75) is 38.5 Å². The van der Waals surface area contributed by atoms with Gasteiger partial charge in [0.2, 0.25) is 5.91 Å². The third-order valence-corrected chi connectivity index (χ3v) is 4.85. The molecule has 2 nitrogen and oxygen atoms in total. The molecule has 0 heterocycles. The Kier molecular flexibility index (Phi) is 1.86. The Labute approximate surface area is 85.2 Å². The number of carbonyl (C=O) groups is 1. The zero-order valence-corrected chi connectivity index (χ0v) is 8.61. The number of carbonyl (C=O) groups excluding carboxylic acids is 1. The van der Waals surface area contributed by atoms with Gasteiger partial charge in [-0.2, -0.15) is 0 Å². The minimum Gasteiger partial charge on any atom is -0.370 e. The zero-order chi connectivity index (χ0) is 9.71. The van der Waals surface area contributed by atoms with E-state index >= 15 is 0 Å². The molecular weight excluding hydrogens is 174 g/mol. The van der Waals surface area contributed by atoms with Crippen molar-refractivity contribution < 1.29 is 4.79 Å². The molecule has 0 aromatic rings. The molecule has 0 aliphatic heterocycles. The van der Waals surface area contributed by atoms with E-state index in [0.29, 0.717) is 12.3 Å². The lowest BCUT2D eigenvalue weighted by Crippen LogP contribution is -2.32. The fourth-order valence-corrected chi connectivity index (χ4v) is 4.60. The predicted molar refractivity (Wildman–Crippen MR) is 54.3 cm³/mol. The highest BCUT2D eigenvalue weighted by atomic mass is 16.1. The summed E-state index contributed by atoms with van der Waals surface area (Å²) in [4.78, 5) is 11.0. The van der Waals surface area contributed by atoms with Gasteiger partial charge >= 0.3 is 0 Å². The maximum atomic E-state index is 11.0. The Morgan fingerprint density at radius 1 is 1.07 bits per heavy atom. The Morgan fingerprint density at radius 2 is 1.79 bits per heavy atom. The fraction of sp³-hybridized carbons (Fsp3) is 0.917. The zero-order valence-electron chi connectivity index (χ0n) is 8.61. The van der Waals surface area contributed by atoms with Crippen molar-refractivity contribution >= 4 is 5.91 Å². The lowest BCUT2D eigenvalue weighted by molar-refractivity contribution is -0.119. The molecule has 0 aromatic heterocycles. The molecule has 0 spiro atoms. The Morgan fingerprint density at radius 3 is 2.50 bits per heavy atom. The maximum absolute atomic E-state index is 11.0. The molecule has 5 unspecified atom stereocenters. The molecule has 0 radical (unpaired) electrons. The average Bonchev–Trinajstić information content (AvgIpc) is 2.32. The molecule has 3 bridgehead atoms. The van der Waals surface area contributed by atoms with Crippen LogP contribution in [0.4, 0.5) is 0 Å². The molecule has 3 aliphatic rings. The number of amides is 1. The molecule has 3 fully saturated rings. The van der Waals surface area contributed by atoms with Crippen LogP contribution < -0.4 is 5.73 Å². The van der Waals surface area contributed by atoms with E-state index in [9.17, 15) is 4.79 Å². The first-order valence-corrected chi connectivity index (χ1v) is 6.00. The predicted octanol–water partition coefficient (Wildman–Crippen LogP) is 1.93. The first-order valence-electron chi connectivity index (χ1n) is 6.00. The molecule has 0 aromatic carbocycles. The van der Waals surface area contributed by atoms with E-state index in [-0.39, 0.29) is 5.91 Å². The lowest BCUT2D eigenvalue weighted by Gasteiger charge is -2.39. The van der Waals surface area contributed by atoms with Gasteiger partial charge in [0.15, 0.2) is 0 Å². The van der Waals surface area contributed by atoms with E-state index < -0.39 is 0 Å². The van der Waals surface area contributed by atoms with E-state index in [1.54, 1.807) is 0 Å². The summed E-state index contributed by atoms with van der Waals surface area (Å²) in [7, 11) is 0. The minimum atomic E-state index is -0.0836. The molecule has 5 atom stereocenters. The van der Waals surface area contributed by atoms with Crippen molar-refractivity contribution in [1.82, 2.24) is 0 Å². The molecule has 2 heteroatoms. The van der Waals surface area contributed by atoms with Crippen LogP contribution in [0, 0.1) is 29.6 Å². The number of fused-ring (bicyclic) bond motifs is 2. The number of hydrogen-bond acceptors (Lipinski definition) is 1. The van der Waals surface area contributed by atoms with E-state index in [1.165, 1.54) is 32.1 Å². The van der Waals surface area contributed by atoms with Crippen molar-refractivity contribution in [1.29, 1.82) is 0 Å². The van der Waals surface area contributed by atoms with Crippen LogP contribution in [0.1, 0.15) is 38.5 Å². The van der Waals surface area contributed by atoms with Crippen LogP contribution in [0.5, 0.6) is 0 Å². The fourth-order valence-electron chi connectivity index (χ4n) is 4.60. The second-order valence-corrected chi connectivity index (χ2v) is 5.77. The number of rotatable bonds is 2. The minimum absolute atomic E-state index is 0.0836. The van der Waals surface area contributed by atoms with E-state index in [1.807, 2.05) is 0 Å². The Bertz CT molecular complexity index is 261. The van der Waals surface area contributed by atoms with Crippen molar-refractivity contribution in [2.24, 2.45) is 35.3 Å². The molecule has 1 amide bonds. The summed E-state index contributed by atoms with van der Waals surface area (Å²) in [6.07, 6.45) is 7.71. The summed E-state index contributed by atoms with van der Waals surface area (Å²) in [5, 5.41) is 0. The highest BCUT2D eigenvalue weighted by Crippen LogP contribution is 2.57. The number of primary amides is 1. The third-order valence-electron chi connectivity index (χ3n) is 4.85. The largest absolute Gasteiger partial charge is 0.370 e. The van der Waals surface area contributed by atoms with Crippen molar-refractivity contribution in [3.63, 3.8) is 0 Å². The summed E-state index contributed by atoms with van der Waals surface area (Å²) in [6, 6.07) is 0. The summed E-state index contributed by atoms with van der Waals surface area (Å²) in [5.74, 6) is 4.30. The van der Waals surface area contributed by atoms with Gasteiger partial charge in [-0.1, -0.05) is 0 Å². The van der Waals surface area contributed by atoms with Crippen molar-refractivity contribution in [3.05, 3.63) is 0 Å². The Hall–Kier alpha value is -0.530. The van der Waals surface area contributed by atoms with Crippen LogP contribution >= 0.6 is 0 Å². The van der Waals surface area contributed by atoms with Crippen LogP contribution in [-0.2, 0) is 4.79 Å². The molecule has 0 saturated heterocycles. The third kappa shape index (κ3) is 1.27. The van der Waals surface area contributed by atoms with E-state index in [4.69, 9.17) is 5.73 Å². The molecule has 3 rings (SSSR count). The van der Waals surface area contributed by atoms with Gasteiger partial charge in [-0.3, -0.25) is 4.79 Å². The summed E-state index contributed by atoms with van der Waals surface area (Å²) in [6.45, 7) is 0. The summed E-state index contributed by atoms with van der Waals surface area (Å²) in [5.41, 5.74) is 5.33. The van der Waals surface area contributed by atoms with Crippen LogP contribution in [-0.4, -0.2) is 5.91 Å². The van der Waals surface area contributed by atoms with Crippen LogP contribution in [0.3, 0.4) is 0 Å². The van der Waals surface area contributed by atoms with Gasteiger partial charge in [0.25, 0.3) is 0 Å². The maximum Gasteiger partial charge on any atom is 0.217 e. The molecule has 78 valence electrons. The first kappa shape index (κ1) is 8.75. The van der Waals surface area contributed by atoms with Crippen LogP contribution in [0.15, 0.2) is 0 Å². The smallest absolute Gasteiger partial charge is 0.217 e. The summed E-state index contributed by atoms with van der Waals surface area (Å²) >= 11 is 0. The highest BCUT2D eigenvalue weighted by molar-refractivity contribution is 5.74. The van der Waals surface area contributed by atoms with Crippen LogP contribution in [0.2, 0.25) is 0 Å². The van der Waals surface area contributed by atoms with Crippen molar-refractivity contribution in [2.75, 3.05) is 0 Å². The molecule has 14 heavy (non-hydrogen) atoms. The van der Waals surface area contributed by atoms with Gasteiger partial charge in [0, 0.05) is 6.42 Å². The molecule has 2 N–H and O–H groups in total. The molecular formula is C12H19NO. The monoisotopic (exact) mass is 193 g/mol. The van der Waals surface area contributed by atoms with Crippen LogP contribution in [0.25, 0.3) is 0 Å². The Balaban J connectivity index is 1.79. The van der Waals surface area contributed by atoms with E-state index in [0.717, 1.165) is 23.7 Å². The standard InChI is InChI=1S/C12H19NO/c13-12(14)6-10-3-7-1-8-4-9(2-7)11(10)5-8/h7-11H,1-6H2,(H2,13,14). The van der Waals surface area contributed by atoms with Gasteiger partial charge in [0.1, 0.15) is 0 Å². The molecule has 3 aliphatic carbocycles. The first-order chi connectivity index (χ1) is 6.72. The van der Waals surface area contributed by atoms with Gasteiger partial charge in [0.05, 0.1) is 0 Å². The lowest BCUT2D eigenvalue weighted by atomic mass is 9.66. The number of nitrogens with two attached hydrogens (primary N) is 1. The van der Waals surface area contributed by atoms with E-state index in [2.05, 4.69) is 0 Å². The highest BCUT2D eigenvalue weighted by Gasteiger charge is 2.48. The topological polar surface area (TPSA) is 43.1 Å². The normalized spacial score (nSPS) is 49.6. The van der Waals surface area contributed by atoms with Crippen molar-refractivity contribution in [3.8, 4) is 0 Å². The second-order valence-electron chi connectivity index (χ2n) is 5.77.